The van der Waals surface area contributed by atoms with Crippen molar-refractivity contribution in [2.75, 3.05) is 4.90 Å². The summed E-state index contributed by atoms with van der Waals surface area (Å²) in [5.41, 5.74) is 1.70. The summed E-state index contributed by atoms with van der Waals surface area (Å²) in [5.74, 6) is -1.10. The van der Waals surface area contributed by atoms with Crippen LogP contribution in [0.3, 0.4) is 0 Å². The van der Waals surface area contributed by atoms with E-state index in [9.17, 15) is 14.4 Å². The van der Waals surface area contributed by atoms with Gasteiger partial charge in [0.05, 0.1) is 16.6 Å². The summed E-state index contributed by atoms with van der Waals surface area (Å²) in [7, 11) is 0. The Hall–Kier alpha value is -2.35. The molecule has 152 valence electrons. The van der Waals surface area contributed by atoms with Gasteiger partial charge in [-0.3, -0.25) is 14.4 Å². The van der Waals surface area contributed by atoms with Gasteiger partial charge in [-0.15, -0.1) is 0 Å². The van der Waals surface area contributed by atoms with Crippen LogP contribution in [0.1, 0.15) is 22.8 Å². The Balaban J connectivity index is 1.51. The fraction of sp³-hybridized carbons (Fsp3) is 0.227. The fourth-order valence-corrected chi connectivity index (χ4v) is 6.95. The van der Waals surface area contributed by atoms with Gasteiger partial charge in [-0.05, 0) is 42.7 Å². The minimum Gasteiger partial charge on any atom is -0.307 e. The van der Waals surface area contributed by atoms with Crippen molar-refractivity contribution in [2.45, 2.75) is 29.0 Å². The normalized spacial score (nSPS) is 22.8. The number of carbonyl (C=O) groups is 2. The van der Waals surface area contributed by atoms with Crippen LogP contribution in [-0.2, 0) is 16.0 Å². The van der Waals surface area contributed by atoms with Crippen LogP contribution in [0.5, 0.6) is 0 Å². The largest absolute Gasteiger partial charge is 0.307 e. The smallest absolute Gasteiger partial charge is 0.305 e. The number of aromatic amines is 1. The molecule has 0 radical (unpaired) electrons. The van der Waals surface area contributed by atoms with Gasteiger partial charge in [-0.1, -0.05) is 65.0 Å². The van der Waals surface area contributed by atoms with Crippen LogP contribution in [0, 0.1) is 5.92 Å². The number of imide groups is 1. The first kappa shape index (κ1) is 19.6. The first-order chi connectivity index (χ1) is 14.5. The number of thioether (sulfide) groups is 1. The molecule has 1 fully saturated rings. The Morgan fingerprint density at radius 2 is 1.70 bits per heavy atom. The van der Waals surface area contributed by atoms with E-state index in [-0.39, 0.29) is 22.6 Å². The van der Waals surface area contributed by atoms with Crippen LogP contribution in [0.15, 0.2) is 64.4 Å². The van der Waals surface area contributed by atoms with E-state index >= 15 is 0 Å². The molecule has 0 bridgehead atoms. The number of amides is 2. The Labute approximate surface area is 186 Å². The van der Waals surface area contributed by atoms with Gasteiger partial charge in [0.15, 0.2) is 0 Å². The van der Waals surface area contributed by atoms with E-state index in [0.717, 1.165) is 27.7 Å². The first-order valence-corrected chi connectivity index (χ1v) is 11.7. The number of hydrogen-bond donors (Lipinski definition) is 1. The SMILES string of the molecule is O=C1C2Sc3[nH]c(=O)sc3C(CCc3ccccc3)C2C(=O)N1c1ccc(Cl)cc1. The lowest BCUT2D eigenvalue weighted by Gasteiger charge is -2.29. The van der Waals surface area contributed by atoms with Gasteiger partial charge in [-0.2, -0.15) is 0 Å². The Morgan fingerprint density at radius 1 is 0.967 bits per heavy atom. The first-order valence-electron chi connectivity index (χ1n) is 9.60. The molecular weight excluding hydrogens is 440 g/mol. The summed E-state index contributed by atoms with van der Waals surface area (Å²) in [6, 6.07) is 16.8. The topological polar surface area (TPSA) is 70.2 Å². The maximum atomic E-state index is 13.4. The molecular formula is C22H17ClN2O3S2. The highest BCUT2D eigenvalue weighted by Crippen LogP contribution is 2.52. The minimum atomic E-state index is -0.535. The summed E-state index contributed by atoms with van der Waals surface area (Å²) in [6.07, 6.45) is 1.47. The third kappa shape index (κ3) is 3.31. The van der Waals surface area contributed by atoms with Crippen molar-refractivity contribution in [1.29, 1.82) is 0 Å². The maximum Gasteiger partial charge on any atom is 0.305 e. The summed E-state index contributed by atoms with van der Waals surface area (Å²) >= 11 is 8.43. The molecule has 30 heavy (non-hydrogen) atoms. The van der Waals surface area contributed by atoms with Crippen molar-refractivity contribution in [3.8, 4) is 0 Å². The van der Waals surface area contributed by atoms with Crippen LogP contribution in [0.25, 0.3) is 0 Å². The molecule has 1 saturated heterocycles. The number of thiazole rings is 1. The molecule has 0 saturated carbocycles. The van der Waals surface area contributed by atoms with E-state index in [1.54, 1.807) is 24.3 Å². The molecule has 0 aliphatic carbocycles. The van der Waals surface area contributed by atoms with Gasteiger partial charge in [-0.25, -0.2) is 4.90 Å². The van der Waals surface area contributed by atoms with E-state index in [2.05, 4.69) is 17.1 Å². The molecule has 5 nitrogen and oxygen atoms in total. The number of rotatable bonds is 4. The van der Waals surface area contributed by atoms with Crippen LogP contribution >= 0.6 is 34.7 Å². The zero-order chi connectivity index (χ0) is 20.8. The standard InChI is InChI=1S/C22H17ClN2O3S2/c23-13-7-9-14(10-8-13)25-20(26)16-15(11-6-12-4-2-1-3-5-12)17-19(24-22(28)30-17)29-18(16)21(25)27/h1-5,7-10,15-16,18H,6,11H2,(H,24,28). The summed E-state index contributed by atoms with van der Waals surface area (Å²) in [4.78, 5) is 43.6. The highest BCUT2D eigenvalue weighted by atomic mass is 35.5. The highest BCUT2D eigenvalue weighted by molar-refractivity contribution is 8.00. The monoisotopic (exact) mass is 456 g/mol. The second-order valence-corrected chi connectivity index (χ2v) is 9.99. The zero-order valence-corrected chi connectivity index (χ0v) is 18.1. The van der Waals surface area contributed by atoms with Crippen molar-refractivity contribution in [1.82, 2.24) is 4.98 Å². The number of carbonyl (C=O) groups excluding carboxylic acids is 2. The van der Waals surface area contributed by atoms with Crippen molar-refractivity contribution >= 4 is 52.2 Å². The van der Waals surface area contributed by atoms with Gasteiger partial charge in [0, 0.05) is 15.8 Å². The van der Waals surface area contributed by atoms with E-state index in [0.29, 0.717) is 17.1 Å². The molecule has 3 heterocycles. The number of nitrogens with one attached hydrogen (secondary N) is 1. The number of H-pyrrole nitrogens is 1. The highest BCUT2D eigenvalue weighted by Gasteiger charge is 2.55. The van der Waals surface area contributed by atoms with Crippen molar-refractivity contribution < 1.29 is 9.59 Å². The number of halogens is 1. The second-order valence-electron chi connectivity index (χ2n) is 7.39. The Morgan fingerprint density at radius 3 is 2.43 bits per heavy atom. The number of aromatic nitrogens is 1. The van der Waals surface area contributed by atoms with Crippen LogP contribution in [0.4, 0.5) is 5.69 Å². The van der Waals surface area contributed by atoms with Gasteiger partial charge >= 0.3 is 4.87 Å². The molecule has 3 aromatic rings. The third-order valence-electron chi connectivity index (χ3n) is 5.62. The van der Waals surface area contributed by atoms with Crippen LogP contribution in [-0.4, -0.2) is 22.0 Å². The molecule has 5 rings (SSSR count). The fourth-order valence-electron chi connectivity index (χ4n) is 4.24. The average molecular weight is 457 g/mol. The molecule has 3 atom stereocenters. The Bertz CT molecular complexity index is 1170. The van der Waals surface area contributed by atoms with Gasteiger partial charge < -0.3 is 4.98 Å². The molecule has 1 aromatic heterocycles. The van der Waals surface area contributed by atoms with Crippen molar-refractivity contribution in [3.05, 3.63) is 79.7 Å². The number of benzene rings is 2. The number of hydrogen-bond acceptors (Lipinski definition) is 5. The number of fused-ring (bicyclic) bond motifs is 2. The quantitative estimate of drug-likeness (QED) is 0.588. The maximum absolute atomic E-state index is 13.4. The lowest BCUT2D eigenvalue weighted by molar-refractivity contribution is -0.122. The molecule has 2 aliphatic rings. The molecule has 8 heteroatoms. The molecule has 2 amide bonds. The van der Waals surface area contributed by atoms with Crippen molar-refractivity contribution in [3.63, 3.8) is 0 Å². The number of aryl methyl sites for hydroxylation is 1. The Kier molecular flexibility index (Phi) is 5.05. The number of nitrogens with zero attached hydrogens (tertiary/aromatic N) is 1. The summed E-state index contributed by atoms with van der Waals surface area (Å²) in [6.45, 7) is 0. The van der Waals surface area contributed by atoms with Crippen molar-refractivity contribution in [2.24, 2.45) is 5.92 Å². The molecule has 0 spiro atoms. The van der Waals surface area contributed by atoms with Gasteiger partial charge in [0.2, 0.25) is 11.8 Å². The second kappa shape index (κ2) is 7.72. The molecule has 1 N–H and O–H groups in total. The lowest BCUT2D eigenvalue weighted by Crippen LogP contribution is -2.32. The predicted molar refractivity (Wildman–Crippen MR) is 120 cm³/mol. The van der Waals surface area contributed by atoms with E-state index in [1.165, 1.54) is 22.2 Å². The third-order valence-corrected chi connectivity index (χ3v) is 8.33. The van der Waals surface area contributed by atoms with E-state index in [4.69, 9.17) is 11.6 Å². The average Bonchev–Trinajstić information content (AvgIpc) is 3.24. The predicted octanol–water partition coefficient (Wildman–Crippen LogP) is 4.47. The number of anilines is 1. The summed E-state index contributed by atoms with van der Waals surface area (Å²) in [5, 5.41) is 0.736. The molecule has 2 aliphatic heterocycles. The minimum absolute atomic E-state index is 0.147. The van der Waals surface area contributed by atoms with E-state index < -0.39 is 11.2 Å². The van der Waals surface area contributed by atoms with E-state index in [1.807, 2.05) is 18.2 Å². The van der Waals surface area contributed by atoms with Gasteiger partial charge in [0.1, 0.15) is 5.25 Å². The zero-order valence-electron chi connectivity index (χ0n) is 15.7. The van der Waals surface area contributed by atoms with Crippen LogP contribution in [0.2, 0.25) is 5.02 Å². The van der Waals surface area contributed by atoms with Gasteiger partial charge in [0.25, 0.3) is 0 Å². The summed E-state index contributed by atoms with van der Waals surface area (Å²) < 4.78 is 0. The van der Waals surface area contributed by atoms with Crippen LogP contribution < -0.4 is 9.77 Å². The lowest BCUT2D eigenvalue weighted by atomic mass is 9.84. The molecule has 3 unspecified atom stereocenters. The molecule has 2 aromatic carbocycles.